The van der Waals surface area contributed by atoms with Crippen molar-refractivity contribution in [1.82, 2.24) is 9.47 Å². The number of rotatable bonds is 6. The number of hydrogen-bond donors (Lipinski definition) is 1. The highest BCUT2D eigenvalue weighted by Gasteiger charge is 2.35. The summed E-state index contributed by atoms with van der Waals surface area (Å²) in [6, 6.07) is 8.95. The standard InChI is InChI=1S/C23H28N4O4/c1-5-26(6-2)22(30)17-11-19(23(31)25(4)13-17)24-21(29)16-12-20(28)27(14-16)18-9-7-15(3)8-10-18/h7-11,13,16H,5-6,12,14H2,1-4H3,(H,24,29). The highest BCUT2D eigenvalue weighted by Crippen LogP contribution is 2.26. The molecule has 1 aromatic carbocycles. The van der Waals surface area contributed by atoms with Crippen LogP contribution in [0, 0.1) is 12.8 Å². The topological polar surface area (TPSA) is 91.7 Å². The van der Waals surface area contributed by atoms with Gasteiger partial charge in [-0.1, -0.05) is 17.7 Å². The van der Waals surface area contributed by atoms with E-state index in [4.69, 9.17) is 0 Å². The smallest absolute Gasteiger partial charge is 0.274 e. The van der Waals surface area contributed by atoms with Crippen LogP contribution in [0.2, 0.25) is 0 Å². The minimum atomic E-state index is -0.583. The molecule has 1 aromatic heterocycles. The van der Waals surface area contributed by atoms with Gasteiger partial charge in [0.15, 0.2) is 0 Å². The Morgan fingerprint density at radius 1 is 1.13 bits per heavy atom. The first-order chi connectivity index (χ1) is 14.7. The lowest BCUT2D eigenvalue weighted by Crippen LogP contribution is -2.33. The zero-order valence-electron chi connectivity index (χ0n) is 18.3. The highest BCUT2D eigenvalue weighted by molar-refractivity contribution is 6.04. The van der Waals surface area contributed by atoms with Crippen molar-refractivity contribution in [1.29, 1.82) is 0 Å². The molecular formula is C23H28N4O4. The summed E-state index contributed by atoms with van der Waals surface area (Å²) in [6.07, 6.45) is 1.54. The van der Waals surface area contributed by atoms with E-state index in [1.165, 1.54) is 23.9 Å². The summed E-state index contributed by atoms with van der Waals surface area (Å²) in [7, 11) is 1.54. The van der Waals surface area contributed by atoms with Gasteiger partial charge in [0.1, 0.15) is 5.69 Å². The van der Waals surface area contributed by atoms with Crippen LogP contribution in [0.3, 0.4) is 0 Å². The molecule has 1 N–H and O–H groups in total. The molecule has 0 spiro atoms. The Kier molecular flexibility index (Phi) is 6.58. The van der Waals surface area contributed by atoms with E-state index in [9.17, 15) is 19.2 Å². The van der Waals surface area contributed by atoms with E-state index < -0.39 is 17.4 Å². The lowest BCUT2D eigenvalue weighted by Gasteiger charge is -2.20. The molecular weight excluding hydrogens is 396 g/mol. The maximum atomic E-state index is 12.8. The average Bonchev–Trinajstić information content (AvgIpc) is 3.14. The van der Waals surface area contributed by atoms with Crippen LogP contribution in [0.5, 0.6) is 0 Å². The summed E-state index contributed by atoms with van der Waals surface area (Å²) in [6.45, 7) is 7.04. The number of amides is 3. The summed E-state index contributed by atoms with van der Waals surface area (Å²) in [4.78, 5) is 53.7. The van der Waals surface area contributed by atoms with E-state index in [0.717, 1.165) is 11.3 Å². The van der Waals surface area contributed by atoms with Gasteiger partial charge in [-0.25, -0.2) is 0 Å². The van der Waals surface area contributed by atoms with Gasteiger partial charge in [0, 0.05) is 45.0 Å². The molecule has 1 aliphatic heterocycles. The van der Waals surface area contributed by atoms with E-state index in [1.807, 2.05) is 45.0 Å². The quantitative estimate of drug-likeness (QED) is 0.769. The van der Waals surface area contributed by atoms with Crippen molar-refractivity contribution in [2.75, 3.05) is 29.9 Å². The van der Waals surface area contributed by atoms with Crippen LogP contribution in [0.15, 0.2) is 41.3 Å². The number of benzene rings is 1. The van der Waals surface area contributed by atoms with Gasteiger partial charge in [-0.3, -0.25) is 19.2 Å². The minimum Gasteiger partial charge on any atom is -0.339 e. The fourth-order valence-corrected chi connectivity index (χ4v) is 3.70. The van der Waals surface area contributed by atoms with Crippen molar-refractivity contribution in [3.63, 3.8) is 0 Å². The van der Waals surface area contributed by atoms with Gasteiger partial charge in [0.05, 0.1) is 11.5 Å². The first-order valence-electron chi connectivity index (χ1n) is 10.4. The maximum absolute atomic E-state index is 12.8. The first kappa shape index (κ1) is 22.3. The van der Waals surface area contributed by atoms with E-state index in [0.29, 0.717) is 18.7 Å². The number of nitrogens with zero attached hydrogens (tertiary/aromatic N) is 3. The summed E-state index contributed by atoms with van der Waals surface area (Å²) in [5, 5.41) is 2.64. The summed E-state index contributed by atoms with van der Waals surface area (Å²) < 4.78 is 1.28. The fourth-order valence-electron chi connectivity index (χ4n) is 3.70. The molecule has 31 heavy (non-hydrogen) atoms. The molecule has 3 rings (SSSR count). The van der Waals surface area contributed by atoms with Crippen molar-refractivity contribution >= 4 is 29.1 Å². The molecule has 8 heteroatoms. The Balaban J connectivity index is 1.78. The lowest BCUT2D eigenvalue weighted by molar-refractivity contribution is -0.122. The number of anilines is 2. The number of pyridine rings is 1. The van der Waals surface area contributed by atoms with Crippen molar-refractivity contribution in [2.24, 2.45) is 13.0 Å². The second-order valence-corrected chi connectivity index (χ2v) is 7.77. The van der Waals surface area contributed by atoms with Crippen molar-refractivity contribution in [2.45, 2.75) is 27.2 Å². The molecule has 0 radical (unpaired) electrons. The third-order valence-electron chi connectivity index (χ3n) is 5.58. The molecule has 1 fully saturated rings. The zero-order chi connectivity index (χ0) is 22.7. The number of nitrogens with one attached hydrogen (secondary N) is 1. The van der Waals surface area contributed by atoms with Crippen LogP contribution in [-0.4, -0.2) is 46.8 Å². The van der Waals surface area contributed by atoms with Gasteiger partial charge in [-0.05, 0) is 39.0 Å². The molecule has 2 aromatic rings. The van der Waals surface area contributed by atoms with E-state index >= 15 is 0 Å². The van der Waals surface area contributed by atoms with E-state index in [2.05, 4.69) is 5.32 Å². The Morgan fingerprint density at radius 3 is 2.39 bits per heavy atom. The molecule has 0 aliphatic carbocycles. The Bertz CT molecular complexity index is 1050. The first-order valence-corrected chi connectivity index (χ1v) is 10.4. The van der Waals surface area contributed by atoms with Gasteiger partial charge >= 0.3 is 0 Å². The van der Waals surface area contributed by atoms with E-state index in [1.54, 1.807) is 9.80 Å². The van der Waals surface area contributed by atoms with Gasteiger partial charge in [-0.2, -0.15) is 0 Å². The summed E-state index contributed by atoms with van der Waals surface area (Å²) in [5.41, 5.74) is 1.77. The third-order valence-corrected chi connectivity index (χ3v) is 5.58. The molecule has 1 aliphatic rings. The number of aromatic nitrogens is 1. The largest absolute Gasteiger partial charge is 0.339 e. The maximum Gasteiger partial charge on any atom is 0.274 e. The fraction of sp³-hybridized carbons (Fsp3) is 0.391. The minimum absolute atomic E-state index is 0.0340. The van der Waals surface area contributed by atoms with Crippen molar-refractivity contribution in [3.8, 4) is 0 Å². The second-order valence-electron chi connectivity index (χ2n) is 7.77. The number of aryl methyl sites for hydroxylation is 2. The Labute approximate surface area is 181 Å². The van der Waals surface area contributed by atoms with Crippen LogP contribution >= 0.6 is 0 Å². The highest BCUT2D eigenvalue weighted by atomic mass is 16.2. The van der Waals surface area contributed by atoms with Gasteiger partial charge in [0.2, 0.25) is 11.8 Å². The summed E-state index contributed by atoms with van der Waals surface area (Å²) in [5.74, 6) is -1.34. The normalized spacial score (nSPS) is 15.8. The molecule has 2 heterocycles. The number of carbonyl (C=O) groups is 3. The predicted molar refractivity (Wildman–Crippen MR) is 119 cm³/mol. The average molecular weight is 425 g/mol. The Morgan fingerprint density at radius 2 is 1.77 bits per heavy atom. The lowest BCUT2D eigenvalue weighted by atomic mass is 10.1. The van der Waals surface area contributed by atoms with E-state index in [-0.39, 0.29) is 30.5 Å². The van der Waals surface area contributed by atoms with Gasteiger partial charge in [-0.15, -0.1) is 0 Å². The zero-order valence-corrected chi connectivity index (χ0v) is 18.3. The SMILES string of the molecule is CCN(CC)C(=O)c1cc(NC(=O)C2CC(=O)N(c3ccc(C)cc3)C2)c(=O)n(C)c1. The van der Waals surface area contributed by atoms with Crippen LogP contribution in [0.25, 0.3) is 0 Å². The molecule has 8 nitrogen and oxygen atoms in total. The predicted octanol–water partition coefficient (Wildman–Crippen LogP) is 2.17. The molecule has 1 unspecified atom stereocenters. The van der Waals surface area contributed by atoms with Crippen LogP contribution in [0.1, 0.15) is 36.2 Å². The van der Waals surface area contributed by atoms with Gasteiger partial charge in [0.25, 0.3) is 11.5 Å². The monoisotopic (exact) mass is 424 g/mol. The molecule has 164 valence electrons. The molecule has 1 saturated heterocycles. The van der Waals surface area contributed by atoms with Gasteiger partial charge < -0.3 is 19.7 Å². The third kappa shape index (κ3) is 4.68. The van der Waals surface area contributed by atoms with Crippen LogP contribution < -0.4 is 15.8 Å². The molecule has 1 atom stereocenters. The molecule has 0 saturated carbocycles. The number of hydrogen-bond acceptors (Lipinski definition) is 4. The van der Waals surface area contributed by atoms with Crippen LogP contribution in [0.4, 0.5) is 11.4 Å². The van der Waals surface area contributed by atoms with Crippen molar-refractivity contribution in [3.05, 3.63) is 58.0 Å². The Hall–Kier alpha value is -3.42. The van der Waals surface area contributed by atoms with Crippen molar-refractivity contribution < 1.29 is 14.4 Å². The number of carbonyl (C=O) groups excluding carboxylic acids is 3. The second kappa shape index (κ2) is 9.16. The molecule has 3 amide bonds. The summed E-state index contributed by atoms with van der Waals surface area (Å²) >= 11 is 0. The van der Waals surface area contributed by atoms with Crippen LogP contribution in [-0.2, 0) is 16.6 Å². The molecule has 0 bridgehead atoms.